The zero-order valence-corrected chi connectivity index (χ0v) is 13.9. The fourth-order valence-electron chi connectivity index (χ4n) is 2.08. The molecule has 0 aromatic heterocycles. The van der Waals surface area contributed by atoms with Gasteiger partial charge in [0.25, 0.3) is 5.91 Å². The van der Waals surface area contributed by atoms with Gasteiger partial charge in [0.2, 0.25) is 0 Å². The molecular formula is C19H20N2O3. The number of hydrogen-bond acceptors (Lipinski definition) is 4. The Bertz CT molecular complexity index is 735. The van der Waals surface area contributed by atoms with Gasteiger partial charge in [0.1, 0.15) is 5.70 Å². The molecule has 0 saturated heterocycles. The van der Waals surface area contributed by atoms with Crippen LogP contribution in [0.15, 0.2) is 60.3 Å². The molecule has 124 valence electrons. The van der Waals surface area contributed by atoms with Crippen LogP contribution in [0, 0.1) is 0 Å². The van der Waals surface area contributed by atoms with Crippen molar-refractivity contribution in [3.63, 3.8) is 0 Å². The van der Waals surface area contributed by atoms with Gasteiger partial charge in [-0.2, -0.15) is 0 Å². The van der Waals surface area contributed by atoms with E-state index in [1.54, 1.807) is 30.3 Å². The third-order valence-electron chi connectivity index (χ3n) is 3.41. The summed E-state index contributed by atoms with van der Waals surface area (Å²) >= 11 is 0. The first-order valence-corrected chi connectivity index (χ1v) is 7.45. The van der Waals surface area contributed by atoms with Gasteiger partial charge in [-0.25, -0.2) is 4.79 Å². The summed E-state index contributed by atoms with van der Waals surface area (Å²) in [6.45, 7) is 0. The molecule has 1 amide bonds. The number of carbonyl (C=O) groups excluding carboxylic acids is 2. The maximum Gasteiger partial charge on any atom is 0.354 e. The molecule has 24 heavy (non-hydrogen) atoms. The summed E-state index contributed by atoms with van der Waals surface area (Å²) in [5, 5.41) is 2.61. The highest BCUT2D eigenvalue weighted by Crippen LogP contribution is 2.14. The Morgan fingerprint density at radius 3 is 2.17 bits per heavy atom. The molecule has 2 rings (SSSR count). The van der Waals surface area contributed by atoms with Crippen LogP contribution in [-0.4, -0.2) is 33.1 Å². The zero-order valence-electron chi connectivity index (χ0n) is 13.9. The molecule has 0 radical (unpaired) electrons. The van der Waals surface area contributed by atoms with E-state index in [9.17, 15) is 9.59 Å². The van der Waals surface area contributed by atoms with E-state index in [1.165, 1.54) is 7.11 Å². The van der Waals surface area contributed by atoms with Crippen molar-refractivity contribution in [2.45, 2.75) is 0 Å². The van der Waals surface area contributed by atoms with Crippen molar-refractivity contribution in [2.75, 3.05) is 26.1 Å². The Labute approximate surface area is 141 Å². The van der Waals surface area contributed by atoms with Crippen molar-refractivity contribution >= 4 is 23.6 Å². The number of ether oxygens (including phenoxy) is 1. The number of nitrogens with zero attached hydrogens (tertiary/aromatic N) is 1. The van der Waals surface area contributed by atoms with Crippen LogP contribution in [0.3, 0.4) is 0 Å². The Hall–Kier alpha value is -3.08. The number of esters is 1. The monoisotopic (exact) mass is 324 g/mol. The third kappa shape index (κ3) is 4.46. The van der Waals surface area contributed by atoms with Crippen LogP contribution in [0.5, 0.6) is 0 Å². The Kier molecular flexibility index (Phi) is 5.73. The van der Waals surface area contributed by atoms with E-state index in [4.69, 9.17) is 4.74 Å². The van der Waals surface area contributed by atoms with Crippen LogP contribution in [0.1, 0.15) is 15.9 Å². The van der Waals surface area contributed by atoms with Gasteiger partial charge < -0.3 is 15.0 Å². The number of benzene rings is 2. The van der Waals surface area contributed by atoms with Gasteiger partial charge in [-0.3, -0.25) is 4.79 Å². The highest BCUT2D eigenvalue weighted by Gasteiger charge is 2.14. The number of nitrogens with one attached hydrogen (secondary N) is 1. The van der Waals surface area contributed by atoms with Crippen LogP contribution in [0.4, 0.5) is 5.69 Å². The second kappa shape index (κ2) is 7.97. The number of hydrogen-bond donors (Lipinski definition) is 1. The van der Waals surface area contributed by atoms with E-state index in [1.807, 2.05) is 49.3 Å². The molecule has 5 heteroatoms. The molecule has 1 N–H and O–H groups in total. The van der Waals surface area contributed by atoms with Crippen molar-refractivity contribution in [3.8, 4) is 0 Å². The summed E-state index contributed by atoms with van der Waals surface area (Å²) < 4.78 is 4.75. The molecule has 0 heterocycles. The standard InChI is InChI=1S/C19H20N2O3/c1-21(2)16-11-9-14(10-12-16)13-17(19(23)24-3)20-18(22)15-7-5-4-6-8-15/h4-13H,1-3H3,(H,20,22). The lowest BCUT2D eigenvalue weighted by Crippen LogP contribution is -2.28. The van der Waals surface area contributed by atoms with Gasteiger partial charge in [0.15, 0.2) is 0 Å². The molecule has 0 bridgehead atoms. The van der Waals surface area contributed by atoms with Crippen molar-refractivity contribution in [2.24, 2.45) is 0 Å². The van der Waals surface area contributed by atoms with Gasteiger partial charge in [-0.05, 0) is 35.9 Å². The highest BCUT2D eigenvalue weighted by molar-refractivity contribution is 6.03. The smallest absolute Gasteiger partial charge is 0.354 e. The number of amides is 1. The predicted molar refractivity (Wildman–Crippen MR) is 94.7 cm³/mol. The molecule has 0 aliphatic carbocycles. The highest BCUT2D eigenvalue weighted by atomic mass is 16.5. The van der Waals surface area contributed by atoms with Crippen molar-refractivity contribution in [1.82, 2.24) is 5.32 Å². The Balaban J connectivity index is 2.24. The summed E-state index contributed by atoms with van der Waals surface area (Å²) in [6.07, 6.45) is 1.59. The molecule has 0 saturated carbocycles. The molecule has 5 nitrogen and oxygen atoms in total. The summed E-state index contributed by atoms with van der Waals surface area (Å²) in [5.74, 6) is -0.965. The van der Waals surface area contributed by atoms with Crippen molar-refractivity contribution in [1.29, 1.82) is 0 Å². The van der Waals surface area contributed by atoms with E-state index in [2.05, 4.69) is 5.32 Å². The summed E-state index contributed by atoms with van der Waals surface area (Å²) in [7, 11) is 5.18. The minimum absolute atomic E-state index is 0.0870. The SMILES string of the molecule is COC(=O)C(=Cc1ccc(N(C)C)cc1)NC(=O)c1ccccc1. The second-order valence-electron chi connectivity index (χ2n) is 5.36. The average Bonchev–Trinajstić information content (AvgIpc) is 2.61. The predicted octanol–water partition coefficient (Wildman–Crippen LogP) is 2.70. The molecule has 0 atom stereocenters. The number of rotatable bonds is 5. The molecular weight excluding hydrogens is 304 g/mol. The molecule has 0 spiro atoms. The summed E-state index contributed by atoms with van der Waals surface area (Å²) in [5.41, 5.74) is 2.38. The van der Waals surface area contributed by atoms with Crippen molar-refractivity contribution < 1.29 is 14.3 Å². The third-order valence-corrected chi connectivity index (χ3v) is 3.41. The lowest BCUT2D eigenvalue weighted by atomic mass is 10.1. The van der Waals surface area contributed by atoms with Gasteiger partial charge in [0.05, 0.1) is 7.11 Å². The normalized spacial score (nSPS) is 10.9. The van der Waals surface area contributed by atoms with E-state index >= 15 is 0 Å². The summed E-state index contributed by atoms with van der Waals surface area (Å²) in [4.78, 5) is 26.2. The number of anilines is 1. The maximum atomic E-state index is 12.2. The minimum atomic E-state index is -0.601. The lowest BCUT2D eigenvalue weighted by Gasteiger charge is -2.12. The van der Waals surface area contributed by atoms with Crippen LogP contribution >= 0.6 is 0 Å². The quantitative estimate of drug-likeness (QED) is 0.679. The van der Waals surface area contributed by atoms with Crippen LogP contribution in [-0.2, 0) is 9.53 Å². The number of carbonyl (C=O) groups is 2. The molecule has 0 fully saturated rings. The van der Waals surface area contributed by atoms with Gasteiger partial charge in [-0.1, -0.05) is 30.3 Å². The van der Waals surface area contributed by atoms with Crippen LogP contribution in [0.25, 0.3) is 6.08 Å². The first-order valence-electron chi connectivity index (χ1n) is 7.45. The maximum absolute atomic E-state index is 12.2. The van der Waals surface area contributed by atoms with Crippen LogP contribution < -0.4 is 10.2 Å². The van der Waals surface area contributed by atoms with E-state index in [-0.39, 0.29) is 11.6 Å². The molecule has 0 unspecified atom stereocenters. The molecule has 0 aliphatic rings. The van der Waals surface area contributed by atoms with Crippen LogP contribution in [0.2, 0.25) is 0 Å². The topological polar surface area (TPSA) is 58.6 Å². The summed E-state index contributed by atoms with van der Waals surface area (Å²) in [6, 6.07) is 16.3. The lowest BCUT2D eigenvalue weighted by molar-refractivity contribution is -0.136. The fourth-order valence-corrected chi connectivity index (χ4v) is 2.08. The average molecular weight is 324 g/mol. The van der Waals surface area contributed by atoms with Gasteiger partial charge >= 0.3 is 5.97 Å². The minimum Gasteiger partial charge on any atom is -0.464 e. The molecule has 2 aromatic rings. The zero-order chi connectivity index (χ0) is 17.5. The Morgan fingerprint density at radius 1 is 1.00 bits per heavy atom. The van der Waals surface area contributed by atoms with E-state index in [0.717, 1.165) is 11.3 Å². The first kappa shape index (κ1) is 17.3. The second-order valence-corrected chi connectivity index (χ2v) is 5.36. The van der Waals surface area contributed by atoms with E-state index in [0.29, 0.717) is 5.56 Å². The Morgan fingerprint density at radius 2 is 1.62 bits per heavy atom. The number of methoxy groups -OCH3 is 1. The largest absolute Gasteiger partial charge is 0.464 e. The molecule has 2 aromatic carbocycles. The van der Waals surface area contributed by atoms with Gasteiger partial charge in [-0.15, -0.1) is 0 Å². The van der Waals surface area contributed by atoms with Crippen molar-refractivity contribution in [3.05, 3.63) is 71.4 Å². The molecule has 0 aliphatic heterocycles. The van der Waals surface area contributed by atoms with E-state index < -0.39 is 5.97 Å². The van der Waals surface area contributed by atoms with Gasteiger partial charge in [0, 0.05) is 25.3 Å². The first-order chi connectivity index (χ1) is 11.5. The fraction of sp³-hybridized carbons (Fsp3) is 0.158.